The summed E-state index contributed by atoms with van der Waals surface area (Å²) in [5.74, 6) is 0.743. The van der Waals surface area contributed by atoms with Gasteiger partial charge in [0.15, 0.2) is 5.82 Å². The first-order chi connectivity index (χ1) is 28.2. The predicted molar refractivity (Wildman–Crippen MR) is 238 cm³/mol. The summed E-state index contributed by atoms with van der Waals surface area (Å²) in [5.41, 5.74) is 19.8. The average Bonchev–Trinajstić information content (AvgIpc) is 3.68. The number of para-hydroxylation sites is 1. The molecule has 2 aliphatic rings. The molecule has 0 aliphatic heterocycles. The standard InChI is InChI=1S/C54H41N3/c1-57(44-28-12-5-13-29-44)53-46(38-20-8-3-9-21-38)31-17-32-47(53)42-26-15-25-41(35-42)45-30-16-33-48-49(45)36-50-51(55-54(56-52(48)50)39-22-10-4-11-23-39)43-27-14-24-40(34-43)37-18-6-2-7-19-37/h2-4,6-12,14-35H,5,13,36H2,1H3. The van der Waals surface area contributed by atoms with Gasteiger partial charge in [-0.25, -0.2) is 9.97 Å². The van der Waals surface area contributed by atoms with E-state index in [1.54, 1.807) is 0 Å². The van der Waals surface area contributed by atoms with Crippen LogP contribution in [0.2, 0.25) is 0 Å². The Morgan fingerprint density at radius 2 is 0.947 bits per heavy atom. The Hall–Kier alpha value is -7.10. The first-order valence-corrected chi connectivity index (χ1v) is 19.8. The topological polar surface area (TPSA) is 29.0 Å². The molecule has 7 aromatic carbocycles. The van der Waals surface area contributed by atoms with Gasteiger partial charge in [0.25, 0.3) is 0 Å². The van der Waals surface area contributed by atoms with E-state index in [9.17, 15) is 0 Å². The minimum absolute atomic E-state index is 0.743. The lowest BCUT2D eigenvalue weighted by Crippen LogP contribution is -2.18. The van der Waals surface area contributed by atoms with Gasteiger partial charge in [-0.2, -0.15) is 0 Å². The van der Waals surface area contributed by atoms with Crippen LogP contribution in [0.5, 0.6) is 0 Å². The van der Waals surface area contributed by atoms with E-state index < -0.39 is 0 Å². The highest BCUT2D eigenvalue weighted by molar-refractivity contribution is 5.94. The number of hydrogen-bond donors (Lipinski definition) is 0. The molecule has 0 bridgehead atoms. The van der Waals surface area contributed by atoms with Gasteiger partial charge in [0.2, 0.25) is 0 Å². The Morgan fingerprint density at radius 1 is 0.421 bits per heavy atom. The second-order valence-electron chi connectivity index (χ2n) is 14.9. The number of anilines is 1. The number of benzene rings is 7. The predicted octanol–water partition coefficient (Wildman–Crippen LogP) is 13.7. The Morgan fingerprint density at radius 3 is 1.65 bits per heavy atom. The molecule has 3 nitrogen and oxygen atoms in total. The summed E-state index contributed by atoms with van der Waals surface area (Å²) < 4.78 is 0. The van der Waals surface area contributed by atoms with Gasteiger partial charge >= 0.3 is 0 Å². The van der Waals surface area contributed by atoms with Crippen LogP contribution in [0.25, 0.3) is 78.4 Å². The number of aromatic nitrogens is 2. The largest absolute Gasteiger partial charge is 0.344 e. The Balaban J connectivity index is 1.10. The van der Waals surface area contributed by atoms with E-state index in [1.165, 1.54) is 72.6 Å². The lowest BCUT2D eigenvalue weighted by atomic mass is 9.91. The van der Waals surface area contributed by atoms with Crippen LogP contribution in [0.4, 0.5) is 5.69 Å². The minimum Gasteiger partial charge on any atom is -0.344 e. The van der Waals surface area contributed by atoms with Gasteiger partial charge in [0, 0.05) is 52.5 Å². The fraction of sp³-hybridized carbons (Fsp3) is 0.0741. The van der Waals surface area contributed by atoms with Crippen molar-refractivity contribution in [1.29, 1.82) is 0 Å². The fourth-order valence-corrected chi connectivity index (χ4v) is 8.57. The van der Waals surface area contributed by atoms with Crippen LogP contribution in [0.3, 0.4) is 0 Å². The van der Waals surface area contributed by atoms with Crippen molar-refractivity contribution in [2.75, 3.05) is 11.9 Å². The fourth-order valence-electron chi connectivity index (χ4n) is 8.57. The highest BCUT2D eigenvalue weighted by atomic mass is 15.1. The Bertz CT molecular complexity index is 2820. The number of rotatable bonds is 8. The molecule has 272 valence electrons. The van der Waals surface area contributed by atoms with Crippen LogP contribution in [0.1, 0.15) is 24.0 Å². The summed E-state index contributed by atoms with van der Waals surface area (Å²) in [6.45, 7) is 0. The zero-order valence-electron chi connectivity index (χ0n) is 31.9. The van der Waals surface area contributed by atoms with Gasteiger partial charge in [-0.3, -0.25) is 0 Å². The third-order valence-electron chi connectivity index (χ3n) is 11.4. The summed E-state index contributed by atoms with van der Waals surface area (Å²) in [6.07, 6.45) is 9.78. The summed E-state index contributed by atoms with van der Waals surface area (Å²) in [4.78, 5) is 13.0. The quantitative estimate of drug-likeness (QED) is 0.156. The maximum absolute atomic E-state index is 5.33. The van der Waals surface area contributed by atoms with Crippen molar-refractivity contribution in [1.82, 2.24) is 9.97 Å². The second kappa shape index (κ2) is 14.9. The molecule has 0 N–H and O–H groups in total. The van der Waals surface area contributed by atoms with Gasteiger partial charge in [0.1, 0.15) is 0 Å². The molecular formula is C54H41N3. The molecule has 0 fully saturated rings. The van der Waals surface area contributed by atoms with Gasteiger partial charge in [-0.05, 0) is 70.0 Å². The van der Waals surface area contributed by atoms with Gasteiger partial charge in [-0.1, -0.05) is 176 Å². The maximum Gasteiger partial charge on any atom is 0.160 e. The van der Waals surface area contributed by atoms with E-state index in [2.05, 4.69) is 200 Å². The summed E-state index contributed by atoms with van der Waals surface area (Å²) in [7, 11) is 2.20. The SMILES string of the molecule is CN(C1=CCCC=C1)c1c(-c2ccccc2)cccc1-c1cccc(-c2cccc3c2Cc2c(-c4cccc(-c5ccccc5)c4)nc(-c4ccccc4)nc2-3)c1. The molecule has 10 rings (SSSR count). The number of fused-ring (bicyclic) bond motifs is 3. The van der Waals surface area contributed by atoms with Crippen LogP contribution in [-0.4, -0.2) is 17.0 Å². The van der Waals surface area contributed by atoms with Gasteiger partial charge < -0.3 is 4.90 Å². The molecule has 1 heterocycles. The molecule has 0 radical (unpaired) electrons. The summed E-state index contributed by atoms with van der Waals surface area (Å²) >= 11 is 0. The van der Waals surface area contributed by atoms with E-state index >= 15 is 0 Å². The molecule has 1 aromatic heterocycles. The van der Waals surface area contributed by atoms with Crippen molar-refractivity contribution in [3.05, 3.63) is 211 Å². The molecule has 0 atom stereocenters. The van der Waals surface area contributed by atoms with Crippen LogP contribution >= 0.6 is 0 Å². The van der Waals surface area contributed by atoms with E-state index in [4.69, 9.17) is 9.97 Å². The van der Waals surface area contributed by atoms with Crippen LogP contribution in [0.15, 0.2) is 200 Å². The maximum atomic E-state index is 5.33. The lowest BCUT2D eigenvalue weighted by Gasteiger charge is -2.28. The minimum atomic E-state index is 0.743. The smallest absolute Gasteiger partial charge is 0.160 e. The van der Waals surface area contributed by atoms with Crippen LogP contribution in [-0.2, 0) is 6.42 Å². The highest BCUT2D eigenvalue weighted by Gasteiger charge is 2.29. The molecule has 0 spiro atoms. The molecule has 0 amide bonds. The molecule has 2 aliphatic carbocycles. The molecular weight excluding hydrogens is 691 g/mol. The van der Waals surface area contributed by atoms with Crippen molar-refractivity contribution < 1.29 is 0 Å². The monoisotopic (exact) mass is 731 g/mol. The van der Waals surface area contributed by atoms with E-state index in [1.807, 2.05) is 6.07 Å². The molecule has 57 heavy (non-hydrogen) atoms. The first kappa shape index (κ1) is 34.4. The second-order valence-corrected chi connectivity index (χ2v) is 14.9. The third kappa shape index (κ3) is 6.47. The van der Waals surface area contributed by atoms with E-state index in [-0.39, 0.29) is 0 Å². The molecule has 0 saturated heterocycles. The number of hydrogen-bond acceptors (Lipinski definition) is 3. The van der Waals surface area contributed by atoms with E-state index in [0.717, 1.165) is 47.6 Å². The highest BCUT2D eigenvalue weighted by Crippen LogP contribution is 2.47. The molecule has 3 heteroatoms. The van der Waals surface area contributed by atoms with Crippen molar-refractivity contribution in [2.45, 2.75) is 19.3 Å². The summed E-state index contributed by atoms with van der Waals surface area (Å²) in [5, 5.41) is 0. The van der Waals surface area contributed by atoms with Crippen molar-refractivity contribution in [2.24, 2.45) is 0 Å². The number of nitrogens with zero attached hydrogens (tertiary/aromatic N) is 3. The normalized spacial score (nSPS) is 12.8. The molecule has 0 unspecified atom stereocenters. The molecule has 8 aromatic rings. The van der Waals surface area contributed by atoms with Gasteiger partial charge in [-0.15, -0.1) is 0 Å². The number of allylic oxidation sites excluding steroid dienone is 3. The van der Waals surface area contributed by atoms with Crippen molar-refractivity contribution in [3.8, 4) is 78.4 Å². The number of likely N-dealkylation sites (N-methyl/N-ethyl adjacent to an activating group) is 1. The first-order valence-electron chi connectivity index (χ1n) is 19.8. The lowest BCUT2D eigenvalue weighted by molar-refractivity contribution is 0.984. The van der Waals surface area contributed by atoms with Crippen molar-refractivity contribution in [3.63, 3.8) is 0 Å². The summed E-state index contributed by atoms with van der Waals surface area (Å²) in [6, 6.07) is 63.0. The van der Waals surface area contributed by atoms with Crippen LogP contribution < -0.4 is 4.90 Å². The average molecular weight is 732 g/mol. The van der Waals surface area contributed by atoms with Crippen molar-refractivity contribution >= 4 is 5.69 Å². The van der Waals surface area contributed by atoms with Gasteiger partial charge in [0.05, 0.1) is 17.1 Å². The zero-order chi connectivity index (χ0) is 38.1. The molecule has 0 saturated carbocycles. The third-order valence-corrected chi connectivity index (χ3v) is 11.4. The zero-order valence-corrected chi connectivity index (χ0v) is 31.9. The Labute approximate surface area is 335 Å². The van der Waals surface area contributed by atoms with Crippen LogP contribution in [0, 0.1) is 0 Å². The Kier molecular flexibility index (Phi) is 8.97. The van der Waals surface area contributed by atoms with E-state index in [0.29, 0.717) is 0 Å².